The van der Waals surface area contributed by atoms with Crippen LogP contribution in [0.1, 0.15) is 25.3 Å². The van der Waals surface area contributed by atoms with Gasteiger partial charge in [0.2, 0.25) is 5.91 Å². The third-order valence-electron chi connectivity index (χ3n) is 4.93. The van der Waals surface area contributed by atoms with E-state index in [2.05, 4.69) is 19.2 Å². The number of amides is 1. The molecule has 0 saturated heterocycles. The van der Waals surface area contributed by atoms with Gasteiger partial charge in [-0.2, -0.15) is 0 Å². The zero-order valence-electron chi connectivity index (χ0n) is 16.7. The Balaban J connectivity index is 1.77. The largest absolute Gasteiger partial charge is 0.336 e. The highest BCUT2D eigenvalue weighted by Crippen LogP contribution is 2.24. The third-order valence-corrected chi connectivity index (χ3v) is 5.82. The Bertz CT molecular complexity index is 1330. The van der Waals surface area contributed by atoms with Crippen LogP contribution in [-0.4, -0.2) is 15.0 Å². The molecule has 0 aliphatic rings. The molecule has 1 N–H and O–H groups in total. The minimum Gasteiger partial charge on any atom is -0.324 e. The highest BCUT2D eigenvalue weighted by atomic mass is 32.1. The summed E-state index contributed by atoms with van der Waals surface area (Å²) in [6.45, 7) is 3.92. The second kappa shape index (κ2) is 8.12. The molecule has 0 aliphatic carbocycles. The number of anilines is 1. The van der Waals surface area contributed by atoms with Gasteiger partial charge in [0.1, 0.15) is 11.2 Å². The Morgan fingerprint density at radius 1 is 1.00 bits per heavy atom. The Hall–Kier alpha value is -3.45. The first-order chi connectivity index (χ1) is 14.5. The van der Waals surface area contributed by atoms with Gasteiger partial charge in [0.05, 0.1) is 11.2 Å². The molecule has 152 valence electrons. The maximum Gasteiger partial charge on any atom is 0.336 e. The number of nitrogens with zero attached hydrogens (tertiary/aromatic N) is 2. The monoisotopic (exact) mass is 419 g/mol. The van der Waals surface area contributed by atoms with Crippen LogP contribution in [-0.2, 0) is 11.3 Å². The molecule has 0 saturated carbocycles. The molecular weight excluding hydrogens is 398 g/mol. The number of fused-ring (bicyclic) bond motifs is 1. The number of carbonyl (C=O) groups is 1. The van der Waals surface area contributed by atoms with E-state index in [1.54, 1.807) is 35.7 Å². The van der Waals surface area contributed by atoms with Gasteiger partial charge in [-0.05, 0) is 41.1 Å². The first-order valence-electron chi connectivity index (χ1n) is 9.64. The maximum atomic E-state index is 13.2. The van der Waals surface area contributed by atoms with E-state index in [1.165, 1.54) is 15.9 Å². The number of para-hydroxylation sites is 2. The number of rotatable bonds is 5. The second-order valence-electron chi connectivity index (χ2n) is 7.27. The van der Waals surface area contributed by atoms with E-state index < -0.39 is 5.69 Å². The minimum absolute atomic E-state index is 0.189. The van der Waals surface area contributed by atoms with E-state index >= 15 is 0 Å². The van der Waals surface area contributed by atoms with Crippen molar-refractivity contribution in [2.24, 2.45) is 0 Å². The summed E-state index contributed by atoms with van der Waals surface area (Å²) in [6, 6.07) is 18.1. The van der Waals surface area contributed by atoms with Crippen molar-refractivity contribution in [2.75, 3.05) is 5.32 Å². The molecule has 0 atom stereocenters. The molecule has 4 aromatic rings. The molecule has 30 heavy (non-hydrogen) atoms. The predicted octanol–water partition coefficient (Wildman–Crippen LogP) is 3.98. The summed E-state index contributed by atoms with van der Waals surface area (Å²) < 4.78 is 2.91. The molecule has 0 bridgehead atoms. The molecule has 1 amide bonds. The summed E-state index contributed by atoms with van der Waals surface area (Å²) in [5.41, 5.74) is 1.77. The van der Waals surface area contributed by atoms with Crippen LogP contribution in [0, 0.1) is 0 Å². The van der Waals surface area contributed by atoms with Gasteiger partial charge < -0.3 is 5.32 Å². The summed E-state index contributed by atoms with van der Waals surface area (Å²) in [7, 11) is 0. The topological polar surface area (TPSA) is 73.1 Å². The van der Waals surface area contributed by atoms with Crippen molar-refractivity contribution in [3.05, 3.63) is 92.4 Å². The molecule has 0 fully saturated rings. The third kappa shape index (κ3) is 3.59. The quantitative estimate of drug-likeness (QED) is 0.532. The van der Waals surface area contributed by atoms with Crippen LogP contribution >= 0.6 is 11.3 Å². The van der Waals surface area contributed by atoms with E-state index in [1.807, 2.05) is 30.3 Å². The Kier molecular flexibility index (Phi) is 5.37. The van der Waals surface area contributed by atoms with Crippen molar-refractivity contribution in [1.29, 1.82) is 0 Å². The van der Waals surface area contributed by atoms with Gasteiger partial charge in [0.15, 0.2) is 0 Å². The molecule has 6 nitrogen and oxygen atoms in total. The van der Waals surface area contributed by atoms with Crippen LogP contribution in [0.5, 0.6) is 0 Å². The van der Waals surface area contributed by atoms with Crippen molar-refractivity contribution in [3.63, 3.8) is 0 Å². The lowest BCUT2D eigenvalue weighted by atomic mass is 10.0. The first-order valence-corrected chi connectivity index (χ1v) is 10.5. The van der Waals surface area contributed by atoms with Crippen LogP contribution in [0.25, 0.3) is 15.9 Å². The zero-order chi connectivity index (χ0) is 21.3. The SMILES string of the molecule is CC(C)c1ccccc1NC(=O)Cn1c(=O)n(-c2ccccc2)c(=O)c2sccc21. The lowest BCUT2D eigenvalue weighted by molar-refractivity contribution is -0.116. The number of nitrogens with one attached hydrogen (secondary N) is 1. The van der Waals surface area contributed by atoms with Crippen molar-refractivity contribution in [2.45, 2.75) is 26.3 Å². The fourth-order valence-corrected chi connectivity index (χ4v) is 4.32. The van der Waals surface area contributed by atoms with Crippen molar-refractivity contribution in [3.8, 4) is 5.69 Å². The Morgan fingerprint density at radius 3 is 2.43 bits per heavy atom. The summed E-state index contributed by atoms with van der Waals surface area (Å²) in [5.74, 6) is -0.0799. The lowest BCUT2D eigenvalue weighted by Gasteiger charge is -2.15. The van der Waals surface area contributed by atoms with Gasteiger partial charge in [0.25, 0.3) is 5.56 Å². The lowest BCUT2D eigenvalue weighted by Crippen LogP contribution is -2.40. The van der Waals surface area contributed by atoms with Crippen molar-refractivity contribution >= 4 is 33.1 Å². The highest BCUT2D eigenvalue weighted by Gasteiger charge is 2.18. The summed E-state index contributed by atoms with van der Waals surface area (Å²) >= 11 is 1.26. The van der Waals surface area contributed by atoms with Crippen molar-refractivity contribution in [1.82, 2.24) is 9.13 Å². The maximum absolute atomic E-state index is 13.2. The number of aromatic nitrogens is 2. The predicted molar refractivity (Wildman–Crippen MR) is 121 cm³/mol. The molecule has 2 aromatic carbocycles. The fourth-order valence-electron chi connectivity index (χ4n) is 3.49. The normalized spacial score (nSPS) is 11.2. The smallest absolute Gasteiger partial charge is 0.324 e. The molecule has 2 heterocycles. The van der Waals surface area contributed by atoms with Gasteiger partial charge in [-0.15, -0.1) is 11.3 Å². The van der Waals surface area contributed by atoms with Crippen molar-refractivity contribution < 1.29 is 4.79 Å². The van der Waals surface area contributed by atoms with E-state index in [9.17, 15) is 14.4 Å². The van der Waals surface area contributed by atoms with E-state index in [0.717, 1.165) is 15.8 Å². The van der Waals surface area contributed by atoms with Crippen LogP contribution in [0.2, 0.25) is 0 Å². The van der Waals surface area contributed by atoms with Gasteiger partial charge in [-0.25, -0.2) is 9.36 Å². The molecule has 0 spiro atoms. The van der Waals surface area contributed by atoms with Gasteiger partial charge in [-0.1, -0.05) is 50.2 Å². The molecular formula is C23H21N3O3S. The summed E-state index contributed by atoms with van der Waals surface area (Å²) in [4.78, 5) is 39.0. The first kappa shape index (κ1) is 19.8. The molecule has 2 aromatic heterocycles. The standard InChI is InChI=1S/C23H21N3O3S/c1-15(2)17-10-6-7-11-18(17)24-20(27)14-25-19-12-13-30-21(19)22(28)26(23(25)29)16-8-4-3-5-9-16/h3-13,15H,14H2,1-2H3,(H,24,27). The number of thiophene rings is 1. The van der Waals surface area contributed by atoms with Crippen LogP contribution < -0.4 is 16.6 Å². The Morgan fingerprint density at radius 2 is 1.70 bits per heavy atom. The van der Waals surface area contributed by atoms with Gasteiger partial charge in [-0.3, -0.25) is 14.2 Å². The van der Waals surface area contributed by atoms with E-state index in [-0.39, 0.29) is 23.9 Å². The molecule has 7 heteroatoms. The van der Waals surface area contributed by atoms with Crippen LogP contribution in [0.4, 0.5) is 5.69 Å². The van der Waals surface area contributed by atoms with E-state index in [4.69, 9.17) is 0 Å². The number of carbonyl (C=O) groups excluding carboxylic acids is 1. The second-order valence-corrected chi connectivity index (χ2v) is 8.19. The number of benzene rings is 2. The molecule has 0 aliphatic heterocycles. The average Bonchev–Trinajstić information content (AvgIpc) is 3.22. The number of hydrogen-bond donors (Lipinski definition) is 1. The molecule has 4 rings (SSSR count). The average molecular weight is 420 g/mol. The van der Waals surface area contributed by atoms with Gasteiger partial charge in [0, 0.05) is 5.69 Å². The van der Waals surface area contributed by atoms with E-state index in [0.29, 0.717) is 15.9 Å². The molecule has 0 radical (unpaired) electrons. The Labute approximate surface area is 177 Å². The number of hydrogen-bond acceptors (Lipinski definition) is 4. The van der Waals surface area contributed by atoms with Crippen LogP contribution in [0.3, 0.4) is 0 Å². The van der Waals surface area contributed by atoms with Gasteiger partial charge >= 0.3 is 5.69 Å². The van der Waals surface area contributed by atoms with Crippen LogP contribution in [0.15, 0.2) is 75.6 Å². The minimum atomic E-state index is -0.538. The summed E-state index contributed by atoms with van der Waals surface area (Å²) in [6.07, 6.45) is 0. The molecule has 0 unspecified atom stereocenters. The zero-order valence-corrected chi connectivity index (χ0v) is 17.5. The fraction of sp³-hybridized carbons (Fsp3) is 0.174. The summed E-state index contributed by atoms with van der Waals surface area (Å²) in [5, 5.41) is 4.67. The highest BCUT2D eigenvalue weighted by molar-refractivity contribution is 7.17.